The Kier molecular flexibility index (Phi) is 8.50. The fraction of sp³-hybridized carbons (Fsp3) is 0.200. The molecule has 0 aliphatic heterocycles. The molecular weight excluding hydrogens is 318 g/mol. The van der Waals surface area contributed by atoms with Gasteiger partial charge in [-0.2, -0.15) is 0 Å². The Balaban J connectivity index is 3.27. The van der Waals surface area contributed by atoms with Crippen molar-refractivity contribution in [2.24, 2.45) is 0 Å². The van der Waals surface area contributed by atoms with E-state index in [9.17, 15) is 9.59 Å². The zero-order valence-electron chi connectivity index (χ0n) is 14.3. The van der Waals surface area contributed by atoms with E-state index in [4.69, 9.17) is 9.47 Å². The second-order valence-electron chi connectivity index (χ2n) is 4.99. The summed E-state index contributed by atoms with van der Waals surface area (Å²) in [6.07, 6.45) is 6.40. The number of rotatable bonds is 11. The van der Waals surface area contributed by atoms with Gasteiger partial charge in [0.2, 0.25) is 0 Å². The normalized spacial score (nSPS) is 9.60. The van der Waals surface area contributed by atoms with E-state index in [-0.39, 0.29) is 24.3 Å². The van der Waals surface area contributed by atoms with Crippen molar-refractivity contribution < 1.29 is 19.1 Å². The molecule has 1 rings (SSSR count). The Hall–Kier alpha value is -3.08. The van der Waals surface area contributed by atoms with Crippen LogP contribution in [0.5, 0.6) is 0 Å². The lowest BCUT2D eigenvalue weighted by molar-refractivity contribution is 0.0503. The summed E-state index contributed by atoms with van der Waals surface area (Å²) < 4.78 is 10.1. The first-order valence-corrected chi connectivity index (χ1v) is 7.75. The highest BCUT2D eigenvalue weighted by Crippen LogP contribution is 2.22. The van der Waals surface area contributed by atoms with Crippen LogP contribution in [0.4, 0.5) is 5.69 Å². The molecule has 0 fully saturated rings. The molecule has 0 bridgehead atoms. The van der Waals surface area contributed by atoms with Gasteiger partial charge in [0.1, 0.15) is 13.2 Å². The molecule has 0 aromatic heterocycles. The lowest BCUT2D eigenvalue weighted by atomic mass is 10.1. The van der Waals surface area contributed by atoms with Crippen molar-refractivity contribution in [3.05, 3.63) is 79.9 Å². The average molecular weight is 341 g/mol. The van der Waals surface area contributed by atoms with E-state index < -0.39 is 11.9 Å². The molecule has 25 heavy (non-hydrogen) atoms. The SMILES string of the molecule is C=CCOC(=O)c1ccc(N(CC=C)CC=C)cc1C(=O)OCC=C. The van der Waals surface area contributed by atoms with Crippen LogP contribution in [0.3, 0.4) is 0 Å². The largest absolute Gasteiger partial charge is 0.458 e. The number of ether oxygens (including phenoxy) is 2. The van der Waals surface area contributed by atoms with Gasteiger partial charge in [-0.25, -0.2) is 9.59 Å². The molecule has 0 aliphatic rings. The summed E-state index contributed by atoms with van der Waals surface area (Å²) in [4.78, 5) is 26.5. The van der Waals surface area contributed by atoms with Gasteiger partial charge in [-0.15, -0.1) is 13.2 Å². The molecule has 0 saturated carbocycles. The van der Waals surface area contributed by atoms with Crippen molar-refractivity contribution in [3.63, 3.8) is 0 Å². The number of nitrogens with zero attached hydrogens (tertiary/aromatic N) is 1. The molecule has 0 saturated heterocycles. The topological polar surface area (TPSA) is 55.8 Å². The van der Waals surface area contributed by atoms with Gasteiger partial charge in [0, 0.05) is 18.8 Å². The lowest BCUT2D eigenvalue weighted by Gasteiger charge is -2.22. The Labute approximate surface area is 148 Å². The maximum Gasteiger partial charge on any atom is 0.339 e. The van der Waals surface area contributed by atoms with Crippen molar-refractivity contribution in [2.75, 3.05) is 31.2 Å². The van der Waals surface area contributed by atoms with Gasteiger partial charge in [0.15, 0.2) is 0 Å². The van der Waals surface area contributed by atoms with E-state index in [2.05, 4.69) is 26.3 Å². The summed E-state index contributed by atoms with van der Waals surface area (Å²) >= 11 is 0. The quantitative estimate of drug-likeness (QED) is 0.455. The number of carbonyl (C=O) groups is 2. The minimum Gasteiger partial charge on any atom is -0.458 e. The molecule has 0 heterocycles. The van der Waals surface area contributed by atoms with Crippen LogP contribution in [0.25, 0.3) is 0 Å². The highest BCUT2D eigenvalue weighted by Gasteiger charge is 2.21. The third kappa shape index (κ3) is 5.80. The van der Waals surface area contributed by atoms with Crippen molar-refractivity contribution in [1.29, 1.82) is 0 Å². The molecule has 1 aromatic rings. The number of hydrogen-bond donors (Lipinski definition) is 0. The summed E-state index contributed by atoms with van der Waals surface area (Å²) in [7, 11) is 0. The third-order valence-electron chi connectivity index (χ3n) is 3.17. The molecule has 0 unspecified atom stereocenters. The van der Waals surface area contributed by atoms with Crippen molar-refractivity contribution in [2.45, 2.75) is 0 Å². The van der Waals surface area contributed by atoms with Gasteiger partial charge >= 0.3 is 11.9 Å². The number of anilines is 1. The van der Waals surface area contributed by atoms with Crippen LogP contribution in [-0.4, -0.2) is 38.2 Å². The van der Waals surface area contributed by atoms with Gasteiger partial charge in [-0.3, -0.25) is 0 Å². The minimum absolute atomic E-state index is 0.0488. The fourth-order valence-corrected chi connectivity index (χ4v) is 2.10. The highest BCUT2D eigenvalue weighted by molar-refractivity contribution is 6.04. The Morgan fingerprint density at radius 3 is 1.84 bits per heavy atom. The highest BCUT2D eigenvalue weighted by atomic mass is 16.5. The maximum atomic E-state index is 12.3. The number of esters is 2. The first-order valence-electron chi connectivity index (χ1n) is 7.75. The molecule has 0 radical (unpaired) electrons. The smallest absolute Gasteiger partial charge is 0.339 e. The Morgan fingerprint density at radius 1 is 0.840 bits per heavy atom. The summed E-state index contributed by atoms with van der Waals surface area (Å²) in [5, 5.41) is 0. The number of carbonyl (C=O) groups excluding carboxylic acids is 2. The maximum absolute atomic E-state index is 12.3. The van der Waals surface area contributed by atoms with E-state index in [0.717, 1.165) is 5.69 Å². The summed E-state index contributed by atoms with van der Waals surface area (Å²) in [6.45, 7) is 15.7. The standard InChI is InChI=1S/C20H23NO4/c1-5-11-21(12-6-2)16-9-10-17(19(22)24-13-7-3)18(15-16)20(23)25-14-8-4/h5-10,15H,1-4,11-14H2. The van der Waals surface area contributed by atoms with E-state index in [1.807, 2.05) is 4.90 Å². The molecule has 0 aliphatic carbocycles. The van der Waals surface area contributed by atoms with Crippen molar-refractivity contribution in [1.82, 2.24) is 0 Å². The first-order chi connectivity index (χ1) is 12.1. The van der Waals surface area contributed by atoms with E-state index in [1.165, 1.54) is 12.2 Å². The van der Waals surface area contributed by atoms with Crippen LogP contribution >= 0.6 is 0 Å². The fourth-order valence-electron chi connectivity index (χ4n) is 2.10. The molecule has 0 amide bonds. The summed E-state index contributed by atoms with van der Waals surface area (Å²) in [5.74, 6) is -1.24. The van der Waals surface area contributed by atoms with Crippen LogP contribution in [0.2, 0.25) is 0 Å². The van der Waals surface area contributed by atoms with E-state index >= 15 is 0 Å². The molecule has 132 valence electrons. The second kappa shape index (κ2) is 10.6. The van der Waals surface area contributed by atoms with Gasteiger partial charge in [0.05, 0.1) is 11.1 Å². The molecule has 5 heteroatoms. The molecular formula is C20H23NO4. The van der Waals surface area contributed by atoms with Crippen molar-refractivity contribution >= 4 is 17.6 Å². The van der Waals surface area contributed by atoms with Crippen LogP contribution in [-0.2, 0) is 9.47 Å². The average Bonchev–Trinajstić information content (AvgIpc) is 2.63. The van der Waals surface area contributed by atoms with Crippen molar-refractivity contribution in [3.8, 4) is 0 Å². The van der Waals surface area contributed by atoms with E-state index in [0.29, 0.717) is 13.1 Å². The predicted molar refractivity (Wildman–Crippen MR) is 100 cm³/mol. The lowest BCUT2D eigenvalue weighted by Crippen LogP contribution is -2.24. The molecule has 0 spiro atoms. The minimum atomic E-state index is -0.621. The zero-order valence-corrected chi connectivity index (χ0v) is 14.3. The summed E-state index contributed by atoms with van der Waals surface area (Å²) in [5.41, 5.74) is 1.01. The van der Waals surface area contributed by atoms with Crippen LogP contribution in [0, 0.1) is 0 Å². The Bertz CT molecular complexity index is 654. The predicted octanol–water partition coefficient (Wildman–Crippen LogP) is 3.55. The van der Waals surface area contributed by atoms with Crippen LogP contribution in [0.1, 0.15) is 20.7 Å². The molecule has 1 aromatic carbocycles. The van der Waals surface area contributed by atoms with Gasteiger partial charge in [-0.1, -0.05) is 37.5 Å². The first kappa shape index (κ1) is 20.0. The summed E-state index contributed by atoms with van der Waals surface area (Å²) in [6, 6.07) is 4.88. The zero-order chi connectivity index (χ0) is 18.7. The van der Waals surface area contributed by atoms with Gasteiger partial charge < -0.3 is 14.4 Å². The number of benzene rings is 1. The molecule has 0 N–H and O–H groups in total. The monoisotopic (exact) mass is 341 g/mol. The van der Waals surface area contributed by atoms with Crippen LogP contribution < -0.4 is 4.90 Å². The molecule has 0 atom stereocenters. The third-order valence-corrected chi connectivity index (χ3v) is 3.17. The van der Waals surface area contributed by atoms with E-state index in [1.54, 1.807) is 30.4 Å². The van der Waals surface area contributed by atoms with Gasteiger partial charge in [-0.05, 0) is 18.2 Å². The Morgan fingerprint density at radius 2 is 1.36 bits per heavy atom. The van der Waals surface area contributed by atoms with Crippen LogP contribution in [0.15, 0.2) is 68.8 Å². The molecule has 5 nitrogen and oxygen atoms in total. The van der Waals surface area contributed by atoms with Gasteiger partial charge in [0.25, 0.3) is 0 Å². The second-order valence-corrected chi connectivity index (χ2v) is 4.99. The number of hydrogen-bond acceptors (Lipinski definition) is 5.